The molecule has 1 aromatic carbocycles. The summed E-state index contributed by atoms with van der Waals surface area (Å²) in [4.78, 5) is 29.1. The Kier molecular flexibility index (Phi) is 8.23. The smallest absolute Gasteiger partial charge is 0.411 e. The van der Waals surface area contributed by atoms with E-state index in [9.17, 15) is 9.59 Å². The predicted octanol–water partition coefficient (Wildman–Crippen LogP) is 4.43. The molecule has 0 atom stereocenters. The summed E-state index contributed by atoms with van der Waals surface area (Å²) in [7, 11) is 1.52. The molecule has 0 saturated heterocycles. The van der Waals surface area contributed by atoms with Crippen molar-refractivity contribution in [3.63, 3.8) is 0 Å². The third kappa shape index (κ3) is 6.32. The van der Waals surface area contributed by atoms with Crippen molar-refractivity contribution in [2.75, 3.05) is 31.0 Å². The van der Waals surface area contributed by atoms with Gasteiger partial charge < -0.3 is 19.3 Å². The number of aryl methyl sites for hydroxylation is 2. The minimum Gasteiger partial charge on any atom is -0.447 e. The molecule has 2 amide bonds. The highest BCUT2D eigenvalue weighted by atomic mass is 32.2. The van der Waals surface area contributed by atoms with Gasteiger partial charge in [0.15, 0.2) is 0 Å². The zero-order valence-corrected chi connectivity index (χ0v) is 18.8. The SMILES string of the molecule is COCCOC(=O)Nc1cccc(NC(=O)c2cccnc2SCc2c(C)noc2C)c1. The fourth-order valence-corrected chi connectivity index (χ4v) is 3.92. The summed E-state index contributed by atoms with van der Waals surface area (Å²) in [6.07, 6.45) is 1.04. The van der Waals surface area contributed by atoms with Crippen molar-refractivity contribution in [3.05, 3.63) is 65.2 Å². The van der Waals surface area contributed by atoms with Crippen LogP contribution in [0.1, 0.15) is 27.4 Å². The number of aromatic nitrogens is 2. The second kappa shape index (κ2) is 11.3. The molecule has 2 aromatic heterocycles. The second-order valence-electron chi connectivity index (χ2n) is 6.74. The minimum absolute atomic E-state index is 0.147. The summed E-state index contributed by atoms with van der Waals surface area (Å²) < 4.78 is 15.0. The molecule has 0 spiro atoms. The van der Waals surface area contributed by atoms with Crippen LogP contribution in [-0.2, 0) is 15.2 Å². The number of carbonyl (C=O) groups is 2. The Morgan fingerprint density at radius 1 is 1.09 bits per heavy atom. The fraction of sp³-hybridized carbons (Fsp3) is 0.273. The number of thioether (sulfide) groups is 1. The third-order valence-electron chi connectivity index (χ3n) is 4.44. The number of ether oxygens (including phenoxy) is 2. The van der Waals surface area contributed by atoms with E-state index in [4.69, 9.17) is 14.0 Å². The van der Waals surface area contributed by atoms with Crippen molar-refractivity contribution in [2.45, 2.75) is 24.6 Å². The summed E-state index contributed by atoms with van der Waals surface area (Å²) in [5.74, 6) is 1.03. The van der Waals surface area contributed by atoms with Crippen LogP contribution in [-0.4, -0.2) is 42.5 Å². The van der Waals surface area contributed by atoms with Crippen LogP contribution in [0.2, 0.25) is 0 Å². The summed E-state index contributed by atoms with van der Waals surface area (Å²) in [6, 6.07) is 10.2. The lowest BCUT2D eigenvalue weighted by Crippen LogP contribution is -2.17. The third-order valence-corrected chi connectivity index (χ3v) is 5.47. The number of hydrogen-bond donors (Lipinski definition) is 2. The molecule has 32 heavy (non-hydrogen) atoms. The van der Waals surface area contributed by atoms with E-state index in [0.29, 0.717) is 34.3 Å². The number of rotatable bonds is 9. The molecule has 0 radical (unpaired) electrons. The maximum absolute atomic E-state index is 12.9. The van der Waals surface area contributed by atoms with Crippen molar-refractivity contribution in [3.8, 4) is 0 Å². The van der Waals surface area contributed by atoms with Gasteiger partial charge in [-0.15, -0.1) is 11.8 Å². The van der Waals surface area contributed by atoms with E-state index in [1.807, 2.05) is 13.8 Å². The van der Waals surface area contributed by atoms with Gasteiger partial charge in [0.05, 0.1) is 17.9 Å². The maximum Gasteiger partial charge on any atom is 0.411 e. The van der Waals surface area contributed by atoms with Crippen LogP contribution in [0.15, 0.2) is 52.1 Å². The Hall–Kier alpha value is -3.37. The van der Waals surface area contributed by atoms with E-state index in [-0.39, 0.29) is 12.5 Å². The molecule has 10 heteroatoms. The molecule has 0 aliphatic heterocycles. The van der Waals surface area contributed by atoms with E-state index in [0.717, 1.165) is 17.0 Å². The lowest BCUT2D eigenvalue weighted by Gasteiger charge is -2.11. The molecule has 168 valence electrons. The van der Waals surface area contributed by atoms with E-state index in [2.05, 4.69) is 20.8 Å². The van der Waals surface area contributed by atoms with Crippen LogP contribution < -0.4 is 10.6 Å². The van der Waals surface area contributed by atoms with Crippen LogP contribution in [0.4, 0.5) is 16.2 Å². The van der Waals surface area contributed by atoms with Crippen LogP contribution in [0.3, 0.4) is 0 Å². The zero-order chi connectivity index (χ0) is 22.9. The van der Waals surface area contributed by atoms with Gasteiger partial charge in [-0.2, -0.15) is 0 Å². The number of hydrogen-bond acceptors (Lipinski definition) is 8. The molecular weight excluding hydrogens is 432 g/mol. The van der Waals surface area contributed by atoms with Crippen molar-refractivity contribution in [2.24, 2.45) is 0 Å². The first-order valence-electron chi connectivity index (χ1n) is 9.81. The molecule has 2 heterocycles. The Morgan fingerprint density at radius 2 is 1.88 bits per heavy atom. The molecule has 3 rings (SSSR count). The summed E-state index contributed by atoms with van der Waals surface area (Å²) in [5, 5.41) is 10.0. The molecule has 0 saturated carbocycles. The van der Waals surface area contributed by atoms with E-state index in [1.165, 1.54) is 18.9 Å². The van der Waals surface area contributed by atoms with Crippen LogP contribution in [0.25, 0.3) is 0 Å². The van der Waals surface area contributed by atoms with Gasteiger partial charge in [-0.1, -0.05) is 11.2 Å². The van der Waals surface area contributed by atoms with Gasteiger partial charge >= 0.3 is 6.09 Å². The first-order valence-corrected chi connectivity index (χ1v) is 10.8. The van der Waals surface area contributed by atoms with Crippen LogP contribution >= 0.6 is 11.8 Å². The largest absolute Gasteiger partial charge is 0.447 e. The number of benzene rings is 1. The molecule has 9 nitrogen and oxygen atoms in total. The van der Waals surface area contributed by atoms with Crippen molar-refractivity contribution < 1.29 is 23.6 Å². The highest BCUT2D eigenvalue weighted by Gasteiger charge is 2.16. The molecule has 3 aromatic rings. The number of nitrogens with one attached hydrogen (secondary N) is 2. The highest BCUT2D eigenvalue weighted by Crippen LogP contribution is 2.28. The first kappa shape index (κ1) is 23.3. The first-order chi connectivity index (χ1) is 15.5. The number of nitrogens with zero attached hydrogens (tertiary/aromatic N) is 2. The molecule has 0 unspecified atom stereocenters. The zero-order valence-electron chi connectivity index (χ0n) is 18.0. The standard InChI is InChI=1S/C22H24N4O5S/c1-14-19(15(2)31-26-14)13-32-21-18(8-5-9-23-21)20(27)24-16-6-4-7-17(12-16)25-22(28)30-11-10-29-3/h4-9,12H,10-11,13H2,1-3H3,(H,24,27)(H,25,28). The Balaban J connectivity index is 1.65. The fourth-order valence-electron chi connectivity index (χ4n) is 2.77. The van der Waals surface area contributed by atoms with E-state index >= 15 is 0 Å². The van der Waals surface area contributed by atoms with Crippen molar-refractivity contribution in [1.82, 2.24) is 10.1 Å². The lowest BCUT2D eigenvalue weighted by atomic mass is 10.2. The quantitative estimate of drug-likeness (QED) is 0.359. The molecule has 0 bridgehead atoms. The topological polar surface area (TPSA) is 116 Å². The van der Waals surface area contributed by atoms with Crippen LogP contribution in [0, 0.1) is 13.8 Å². The van der Waals surface area contributed by atoms with E-state index < -0.39 is 6.09 Å². The monoisotopic (exact) mass is 456 g/mol. The minimum atomic E-state index is -0.601. The van der Waals surface area contributed by atoms with E-state index in [1.54, 1.807) is 42.6 Å². The second-order valence-corrected chi connectivity index (χ2v) is 7.70. The molecule has 0 fully saturated rings. The molecular formula is C22H24N4O5S. The van der Waals surface area contributed by atoms with Gasteiger partial charge in [-0.25, -0.2) is 9.78 Å². The van der Waals surface area contributed by atoms with Gasteiger partial charge in [0.2, 0.25) is 0 Å². The van der Waals surface area contributed by atoms with Crippen molar-refractivity contribution in [1.29, 1.82) is 0 Å². The lowest BCUT2D eigenvalue weighted by molar-refractivity contribution is 0.102. The summed E-state index contributed by atoms with van der Waals surface area (Å²) in [5.41, 5.74) is 3.27. The average molecular weight is 457 g/mol. The normalized spacial score (nSPS) is 10.6. The number of amides is 2. The molecule has 0 aliphatic rings. The molecule has 2 N–H and O–H groups in total. The number of carbonyl (C=O) groups excluding carboxylic acids is 2. The van der Waals surface area contributed by atoms with Gasteiger partial charge in [-0.3, -0.25) is 10.1 Å². The number of methoxy groups -OCH3 is 1. The predicted molar refractivity (Wildman–Crippen MR) is 121 cm³/mol. The van der Waals surface area contributed by atoms with Gasteiger partial charge in [0.25, 0.3) is 5.91 Å². The van der Waals surface area contributed by atoms with Crippen LogP contribution in [0.5, 0.6) is 0 Å². The Bertz CT molecular complexity index is 1070. The van der Waals surface area contributed by atoms with Crippen molar-refractivity contribution >= 4 is 35.1 Å². The number of pyridine rings is 1. The summed E-state index contributed by atoms with van der Waals surface area (Å²) in [6.45, 7) is 4.20. The average Bonchev–Trinajstić information content (AvgIpc) is 3.10. The van der Waals surface area contributed by atoms with Gasteiger partial charge in [0, 0.05) is 36.0 Å². The Morgan fingerprint density at radius 3 is 2.59 bits per heavy atom. The van der Waals surface area contributed by atoms with Gasteiger partial charge in [0.1, 0.15) is 17.4 Å². The molecule has 0 aliphatic carbocycles. The number of anilines is 2. The van der Waals surface area contributed by atoms with Gasteiger partial charge in [-0.05, 0) is 44.2 Å². The summed E-state index contributed by atoms with van der Waals surface area (Å²) >= 11 is 1.44. The highest BCUT2D eigenvalue weighted by molar-refractivity contribution is 7.98. The maximum atomic E-state index is 12.9. The Labute approximate surface area is 189 Å².